The van der Waals surface area contributed by atoms with Crippen molar-refractivity contribution in [2.45, 2.75) is 33.0 Å². The van der Waals surface area contributed by atoms with E-state index in [-0.39, 0.29) is 11.2 Å². The van der Waals surface area contributed by atoms with E-state index >= 15 is 0 Å². The fraction of sp³-hybridized carbons (Fsp3) is 0.353. The van der Waals surface area contributed by atoms with E-state index in [1.807, 2.05) is 4.57 Å². The first-order valence-corrected chi connectivity index (χ1v) is 7.27. The Hall–Kier alpha value is -2.07. The first kappa shape index (κ1) is 13.9. The van der Waals surface area contributed by atoms with Crippen LogP contribution in [0.1, 0.15) is 29.8 Å². The number of aromatic nitrogens is 1. The number of rotatable bonds is 2. The first-order valence-electron chi connectivity index (χ1n) is 7.27. The third kappa shape index (κ3) is 2.72. The molecular formula is C17H20N2O2. The largest absolute Gasteiger partial charge is 0.503 e. The molecule has 1 aromatic heterocycles. The van der Waals surface area contributed by atoms with Crippen LogP contribution in [0.5, 0.6) is 5.75 Å². The molecule has 0 radical (unpaired) electrons. The molecule has 21 heavy (non-hydrogen) atoms. The molecule has 2 aromatic rings. The number of hydrogen-bond acceptors (Lipinski definition) is 3. The van der Waals surface area contributed by atoms with E-state index in [4.69, 9.17) is 0 Å². The van der Waals surface area contributed by atoms with Crippen LogP contribution in [0.15, 0.2) is 41.3 Å². The van der Waals surface area contributed by atoms with Gasteiger partial charge in [-0.3, -0.25) is 9.69 Å². The topological polar surface area (TPSA) is 45.5 Å². The molecule has 1 aliphatic heterocycles. The van der Waals surface area contributed by atoms with Crippen molar-refractivity contribution < 1.29 is 5.11 Å². The smallest absolute Gasteiger partial charge is 0.223 e. The molecule has 110 valence electrons. The Balaban J connectivity index is 1.86. The Morgan fingerprint density at radius 1 is 1.24 bits per heavy atom. The van der Waals surface area contributed by atoms with E-state index in [0.717, 1.165) is 25.3 Å². The Labute approximate surface area is 124 Å². The number of aryl methyl sites for hydroxylation is 1. The van der Waals surface area contributed by atoms with Crippen LogP contribution in [0.3, 0.4) is 0 Å². The zero-order valence-electron chi connectivity index (χ0n) is 12.4. The van der Waals surface area contributed by atoms with Crippen molar-refractivity contribution in [2.75, 3.05) is 6.54 Å². The molecular weight excluding hydrogens is 264 g/mol. The second-order valence-corrected chi connectivity index (χ2v) is 5.77. The molecule has 0 bridgehead atoms. The lowest BCUT2D eigenvalue weighted by molar-refractivity contribution is 0.164. The molecule has 2 heterocycles. The van der Waals surface area contributed by atoms with E-state index in [0.29, 0.717) is 6.04 Å². The number of fused-ring (bicyclic) bond motifs is 1. The van der Waals surface area contributed by atoms with Crippen LogP contribution in [-0.2, 0) is 13.1 Å². The lowest BCUT2D eigenvalue weighted by Crippen LogP contribution is -2.36. The number of nitrogens with zero attached hydrogens (tertiary/aromatic N) is 2. The highest BCUT2D eigenvalue weighted by molar-refractivity contribution is 5.26. The van der Waals surface area contributed by atoms with Crippen molar-refractivity contribution >= 4 is 0 Å². The summed E-state index contributed by atoms with van der Waals surface area (Å²) in [6.07, 6.45) is 1.55. The van der Waals surface area contributed by atoms with Crippen molar-refractivity contribution in [3.63, 3.8) is 0 Å². The summed E-state index contributed by atoms with van der Waals surface area (Å²) in [7, 11) is 0. The van der Waals surface area contributed by atoms with Crippen LogP contribution in [0, 0.1) is 6.92 Å². The van der Waals surface area contributed by atoms with Crippen molar-refractivity contribution in [3.05, 3.63) is 63.6 Å². The van der Waals surface area contributed by atoms with E-state index in [9.17, 15) is 9.90 Å². The van der Waals surface area contributed by atoms with Gasteiger partial charge in [-0.15, -0.1) is 0 Å². The molecule has 0 unspecified atom stereocenters. The normalized spacial score (nSPS) is 16.5. The number of hydrogen-bond donors (Lipinski definition) is 1. The highest BCUT2D eigenvalue weighted by atomic mass is 16.3. The van der Waals surface area contributed by atoms with Crippen LogP contribution in [0.25, 0.3) is 0 Å². The van der Waals surface area contributed by atoms with E-state index in [1.54, 1.807) is 12.3 Å². The first-order chi connectivity index (χ1) is 10.0. The monoisotopic (exact) mass is 284 g/mol. The highest BCUT2D eigenvalue weighted by Crippen LogP contribution is 2.25. The highest BCUT2D eigenvalue weighted by Gasteiger charge is 2.22. The molecule has 0 saturated heterocycles. The molecule has 4 nitrogen and oxygen atoms in total. The quantitative estimate of drug-likeness (QED) is 0.921. The Morgan fingerprint density at radius 2 is 2.05 bits per heavy atom. The van der Waals surface area contributed by atoms with Gasteiger partial charge in [0.05, 0.1) is 6.20 Å². The van der Waals surface area contributed by atoms with Crippen molar-refractivity contribution in [1.82, 2.24) is 9.47 Å². The van der Waals surface area contributed by atoms with Gasteiger partial charge in [-0.2, -0.15) is 0 Å². The third-order valence-electron chi connectivity index (χ3n) is 4.26. The summed E-state index contributed by atoms with van der Waals surface area (Å²) in [5, 5.41) is 9.51. The Bertz CT molecular complexity index is 721. The second-order valence-electron chi connectivity index (χ2n) is 5.77. The number of pyridine rings is 1. The molecule has 0 saturated carbocycles. The maximum absolute atomic E-state index is 11.6. The maximum atomic E-state index is 11.6. The Morgan fingerprint density at radius 3 is 2.81 bits per heavy atom. The van der Waals surface area contributed by atoms with Gasteiger partial charge in [-0.05, 0) is 19.4 Å². The molecule has 0 amide bonds. The standard InChI is InChI=1S/C17H20N2O2/c1-12-4-3-5-14(8-12)13(2)18-6-7-19-11-17(21)16(20)9-15(19)10-18/h3-5,8-9,11,13,21H,6-7,10H2,1-2H3/t13-/m0/s1. The predicted molar refractivity (Wildman–Crippen MR) is 82.4 cm³/mol. The second kappa shape index (κ2) is 5.37. The minimum absolute atomic E-state index is 0.168. The predicted octanol–water partition coefficient (Wildman–Crippen LogP) is 2.44. The summed E-state index contributed by atoms with van der Waals surface area (Å²) in [6, 6.07) is 10.4. The zero-order valence-corrected chi connectivity index (χ0v) is 12.4. The summed E-state index contributed by atoms with van der Waals surface area (Å²) < 4.78 is 1.97. The molecule has 1 aliphatic rings. The average molecular weight is 284 g/mol. The van der Waals surface area contributed by atoms with Gasteiger partial charge in [-0.1, -0.05) is 29.8 Å². The molecule has 0 spiro atoms. The van der Waals surface area contributed by atoms with Crippen molar-refractivity contribution in [3.8, 4) is 5.75 Å². The molecule has 0 aliphatic carbocycles. The van der Waals surface area contributed by atoms with Gasteiger partial charge in [0.15, 0.2) is 5.75 Å². The van der Waals surface area contributed by atoms with Crippen LogP contribution < -0.4 is 5.43 Å². The van der Waals surface area contributed by atoms with E-state index in [2.05, 4.69) is 43.0 Å². The Kier molecular flexibility index (Phi) is 3.55. The summed E-state index contributed by atoms with van der Waals surface area (Å²) in [4.78, 5) is 14.0. The molecule has 1 aromatic carbocycles. The molecule has 1 N–H and O–H groups in total. The third-order valence-corrected chi connectivity index (χ3v) is 4.26. The van der Waals surface area contributed by atoms with E-state index in [1.165, 1.54) is 11.1 Å². The SMILES string of the molecule is Cc1cccc([C@H](C)N2CCn3cc(O)c(=O)cc3C2)c1. The zero-order chi connectivity index (χ0) is 15.0. The van der Waals surface area contributed by atoms with Crippen molar-refractivity contribution in [1.29, 1.82) is 0 Å². The van der Waals surface area contributed by atoms with Gasteiger partial charge in [0, 0.05) is 37.4 Å². The van der Waals surface area contributed by atoms with Crippen LogP contribution in [0.4, 0.5) is 0 Å². The summed E-state index contributed by atoms with van der Waals surface area (Å²) in [6.45, 7) is 6.72. The van der Waals surface area contributed by atoms with Crippen molar-refractivity contribution in [2.24, 2.45) is 0 Å². The van der Waals surface area contributed by atoms with Crippen LogP contribution in [-0.4, -0.2) is 21.1 Å². The number of aromatic hydroxyl groups is 1. The molecule has 1 atom stereocenters. The fourth-order valence-electron chi connectivity index (χ4n) is 2.94. The number of benzene rings is 1. The van der Waals surface area contributed by atoms with Gasteiger partial charge in [0.1, 0.15) is 0 Å². The summed E-state index contributed by atoms with van der Waals surface area (Å²) >= 11 is 0. The maximum Gasteiger partial charge on any atom is 0.223 e. The molecule has 0 fully saturated rings. The lowest BCUT2D eigenvalue weighted by Gasteiger charge is -2.35. The minimum atomic E-state index is -0.300. The van der Waals surface area contributed by atoms with Gasteiger partial charge < -0.3 is 9.67 Å². The molecule has 3 rings (SSSR count). The minimum Gasteiger partial charge on any atom is -0.503 e. The van der Waals surface area contributed by atoms with E-state index < -0.39 is 0 Å². The van der Waals surface area contributed by atoms with Gasteiger partial charge in [0.25, 0.3) is 0 Å². The van der Waals surface area contributed by atoms with Gasteiger partial charge in [-0.25, -0.2) is 0 Å². The summed E-state index contributed by atoms with van der Waals surface area (Å²) in [5.41, 5.74) is 3.22. The fourth-order valence-corrected chi connectivity index (χ4v) is 2.94. The van der Waals surface area contributed by atoms with Crippen LogP contribution in [0.2, 0.25) is 0 Å². The van der Waals surface area contributed by atoms with Crippen LogP contribution >= 0.6 is 0 Å². The molecule has 4 heteroatoms. The van der Waals surface area contributed by atoms with Gasteiger partial charge >= 0.3 is 0 Å². The lowest BCUT2D eigenvalue weighted by atomic mass is 10.0. The summed E-state index contributed by atoms with van der Waals surface area (Å²) in [5.74, 6) is -0.168. The van der Waals surface area contributed by atoms with Gasteiger partial charge in [0.2, 0.25) is 5.43 Å². The average Bonchev–Trinajstić information content (AvgIpc) is 2.47.